The molecule has 4 rings (SSSR count). The summed E-state index contributed by atoms with van der Waals surface area (Å²) in [6.07, 6.45) is 5.00. The number of sulfonamides is 1. The van der Waals surface area contributed by atoms with Gasteiger partial charge in [-0.2, -0.15) is 13.5 Å². The van der Waals surface area contributed by atoms with Crippen LogP contribution in [0.4, 0.5) is 17.2 Å². The van der Waals surface area contributed by atoms with Gasteiger partial charge in [-0.25, -0.2) is 19.6 Å². The van der Waals surface area contributed by atoms with Crippen molar-refractivity contribution >= 4 is 27.2 Å². The van der Waals surface area contributed by atoms with Gasteiger partial charge >= 0.3 is 0 Å². The van der Waals surface area contributed by atoms with E-state index >= 15 is 0 Å². The van der Waals surface area contributed by atoms with Gasteiger partial charge in [0, 0.05) is 49.0 Å². The molecule has 1 aromatic carbocycles. The molecule has 0 radical (unpaired) electrons. The van der Waals surface area contributed by atoms with Gasteiger partial charge in [-0.15, -0.1) is 0 Å². The maximum atomic E-state index is 12.7. The summed E-state index contributed by atoms with van der Waals surface area (Å²) in [4.78, 5) is 13.1. The number of nitrogens with zero attached hydrogens (tertiary/aromatic N) is 6. The molecule has 0 saturated carbocycles. The number of hydrogen-bond donors (Lipinski definition) is 2. The van der Waals surface area contributed by atoms with Gasteiger partial charge in [0.15, 0.2) is 10.8 Å². The van der Waals surface area contributed by atoms with E-state index < -0.39 is 10.0 Å². The molecule has 0 aliphatic rings. The number of anilines is 3. The third kappa shape index (κ3) is 4.62. The molecule has 3 heterocycles. The third-order valence-corrected chi connectivity index (χ3v) is 5.91. The van der Waals surface area contributed by atoms with Crippen molar-refractivity contribution in [3.63, 3.8) is 0 Å². The van der Waals surface area contributed by atoms with E-state index in [1.807, 2.05) is 19.9 Å². The maximum absolute atomic E-state index is 12.7. The topological polar surface area (TPSA) is 120 Å². The molecule has 4 aromatic rings. The van der Waals surface area contributed by atoms with Crippen LogP contribution in [-0.2, 0) is 17.1 Å². The second kappa shape index (κ2) is 8.42. The molecule has 166 valence electrons. The number of nitrogens with one attached hydrogen (secondary N) is 2. The molecule has 0 fully saturated rings. The fourth-order valence-corrected chi connectivity index (χ4v) is 4.29. The molecule has 0 bridgehead atoms. The molecule has 0 amide bonds. The van der Waals surface area contributed by atoms with Gasteiger partial charge in [0.1, 0.15) is 17.5 Å². The van der Waals surface area contributed by atoms with Crippen LogP contribution in [0.25, 0.3) is 5.82 Å². The van der Waals surface area contributed by atoms with Crippen LogP contribution in [0.2, 0.25) is 0 Å². The van der Waals surface area contributed by atoms with Gasteiger partial charge in [0.25, 0.3) is 10.0 Å². The molecule has 32 heavy (non-hydrogen) atoms. The first-order valence-electron chi connectivity index (χ1n) is 10.00. The lowest BCUT2D eigenvalue weighted by Gasteiger charge is -2.10. The Balaban J connectivity index is 1.50. The lowest BCUT2D eigenvalue weighted by molar-refractivity contribution is 0.597. The summed E-state index contributed by atoms with van der Waals surface area (Å²) in [7, 11) is -2.00. The number of rotatable bonds is 7. The van der Waals surface area contributed by atoms with Crippen molar-refractivity contribution in [3.05, 3.63) is 66.6 Å². The molecule has 0 saturated heterocycles. The number of hydrogen-bond acceptors (Lipinski definition) is 7. The zero-order valence-corrected chi connectivity index (χ0v) is 19.0. The summed E-state index contributed by atoms with van der Waals surface area (Å²) in [5.74, 6) is 2.67. The van der Waals surface area contributed by atoms with Gasteiger partial charge in [-0.1, -0.05) is 13.8 Å². The van der Waals surface area contributed by atoms with E-state index in [1.165, 1.54) is 6.20 Å². The summed E-state index contributed by atoms with van der Waals surface area (Å²) in [5, 5.41) is 7.39. The second-order valence-electron chi connectivity index (χ2n) is 7.62. The van der Waals surface area contributed by atoms with Crippen molar-refractivity contribution in [2.24, 2.45) is 7.05 Å². The van der Waals surface area contributed by atoms with Crippen molar-refractivity contribution in [3.8, 4) is 5.82 Å². The Kier molecular flexibility index (Phi) is 5.66. The zero-order valence-electron chi connectivity index (χ0n) is 18.2. The highest BCUT2D eigenvalue weighted by atomic mass is 32.2. The van der Waals surface area contributed by atoms with Gasteiger partial charge in [0.05, 0.1) is 0 Å². The zero-order chi connectivity index (χ0) is 22.9. The van der Waals surface area contributed by atoms with Crippen LogP contribution in [0, 0.1) is 6.92 Å². The SMILES string of the molecule is Cc1nc(Nc2ccc(NS(=O)(=O)c3cn(C)c(C(C)C)n3)cc2)cc(-n2cccn2)n1. The van der Waals surface area contributed by atoms with Gasteiger partial charge < -0.3 is 9.88 Å². The Morgan fingerprint density at radius 2 is 1.75 bits per heavy atom. The first-order valence-corrected chi connectivity index (χ1v) is 11.5. The molecular formula is C21H24N8O2S. The molecular weight excluding hydrogens is 428 g/mol. The first kappa shape index (κ1) is 21.5. The van der Waals surface area contributed by atoms with E-state index in [2.05, 4.69) is 30.1 Å². The van der Waals surface area contributed by atoms with Crippen molar-refractivity contribution in [1.82, 2.24) is 29.3 Å². The van der Waals surface area contributed by atoms with E-state index in [4.69, 9.17) is 0 Å². The Bertz CT molecular complexity index is 1330. The number of aryl methyl sites for hydroxylation is 2. The Morgan fingerprint density at radius 3 is 2.38 bits per heavy atom. The van der Waals surface area contributed by atoms with Crippen molar-refractivity contribution in [1.29, 1.82) is 0 Å². The Morgan fingerprint density at radius 1 is 1.03 bits per heavy atom. The van der Waals surface area contributed by atoms with E-state index in [1.54, 1.807) is 65.9 Å². The fourth-order valence-electron chi connectivity index (χ4n) is 3.23. The van der Waals surface area contributed by atoms with Crippen LogP contribution in [0.3, 0.4) is 0 Å². The van der Waals surface area contributed by atoms with Crippen LogP contribution in [0.5, 0.6) is 0 Å². The monoisotopic (exact) mass is 452 g/mol. The molecule has 11 heteroatoms. The quantitative estimate of drug-likeness (QED) is 0.441. The predicted octanol–water partition coefficient (Wildman–Crippen LogP) is 3.37. The predicted molar refractivity (Wildman–Crippen MR) is 122 cm³/mol. The number of aromatic nitrogens is 6. The minimum Gasteiger partial charge on any atom is -0.340 e. The summed E-state index contributed by atoms with van der Waals surface area (Å²) in [6, 6.07) is 10.5. The van der Waals surface area contributed by atoms with Gasteiger partial charge in [0.2, 0.25) is 0 Å². The van der Waals surface area contributed by atoms with Crippen LogP contribution >= 0.6 is 0 Å². The Labute approximate surface area is 186 Å². The third-order valence-electron chi connectivity index (χ3n) is 4.66. The van der Waals surface area contributed by atoms with E-state index in [0.717, 1.165) is 5.69 Å². The molecule has 0 spiro atoms. The fraction of sp³-hybridized carbons (Fsp3) is 0.238. The van der Waals surface area contributed by atoms with Crippen LogP contribution in [0.1, 0.15) is 31.4 Å². The molecule has 0 aliphatic carbocycles. The molecule has 0 unspecified atom stereocenters. The lowest BCUT2D eigenvalue weighted by Crippen LogP contribution is -2.13. The van der Waals surface area contributed by atoms with Crippen LogP contribution < -0.4 is 10.0 Å². The summed E-state index contributed by atoms with van der Waals surface area (Å²) < 4.78 is 31.4. The minimum absolute atomic E-state index is 0.00601. The average molecular weight is 453 g/mol. The highest BCUT2D eigenvalue weighted by Crippen LogP contribution is 2.22. The molecule has 3 aromatic heterocycles. The van der Waals surface area contributed by atoms with Crippen molar-refractivity contribution in [2.75, 3.05) is 10.0 Å². The summed E-state index contributed by atoms with van der Waals surface area (Å²) in [5.41, 5.74) is 1.18. The van der Waals surface area contributed by atoms with Crippen molar-refractivity contribution in [2.45, 2.75) is 31.7 Å². The summed E-state index contributed by atoms with van der Waals surface area (Å²) >= 11 is 0. The molecule has 10 nitrogen and oxygen atoms in total. The number of benzene rings is 1. The van der Waals surface area contributed by atoms with Gasteiger partial charge in [-0.3, -0.25) is 4.72 Å². The first-order chi connectivity index (χ1) is 15.2. The molecule has 2 N–H and O–H groups in total. The standard InChI is InChI=1S/C21H24N8O2S/c1-14(2)21-26-20(13-28(21)4)32(30,31)27-17-8-6-16(7-9-17)25-18-12-19(24-15(3)23-18)29-11-5-10-22-29/h5-14,27H,1-4H3,(H,23,24,25). The smallest absolute Gasteiger partial charge is 0.280 e. The van der Waals surface area contributed by atoms with Crippen LogP contribution in [0.15, 0.2) is 60.0 Å². The number of imidazole rings is 1. The van der Waals surface area contributed by atoms with E-state index in [0.29, 0.717) is 29.0 Å². The lowest BCUT2D eigenvalue weighted by atomic mass is 10.2. The van der Waals surface area contributed by atoms with E-state index in [-0.39, 0.29) is 10.9 Å². The maximum Gasteiger partial charge on any atom is 0.280 e. The summed E-state index contributed by atoms with van der Waals surface area (Å²) in [6.45, 7) is 5.74. The molecule has 0 aliphatic heterocycles. The van der Waals surface area contributed by atoms with Gasteiger partial charge in [-0.05, 0) is 37.3 Å². The van der Waals surface area contributed by atoms with E-state index in [9.17, 15) is 8.42 Å². The highest BCUT2D eigenvalue weighted by molar-refractivity contribution is 7.92. The van der Waals surface area contributed by atoms with Crippen LogP contribution in [-0.4, -0.2) is 37.7 Å². The average Bonchev–Trinajstić information content (AvgIpc) is 3.39. The molecule has 0 atom stereocenters. The highest BCUT2D eigenvalue weighted by Gasteiger charge is 2.20. The minimum atomic E-state index is -3.79. The normalized spacial score (nSPS) is 11.7. The second-order valence-corrected chi connectivity index (χ2v) is 9.25. The largest absolute Gasteiger partial charge is 0.340 e. The van der Waals surface area contributed by atoms with Crippen molar-refractivity contribution < 1.29 is 8.42 Å². The Hall–Kier alpha value is -3.73.